The Bertz CT molecular complexity index is 1330. The fourth-order valence-corrected chi connectivity index (χ4v) is 8.00. The molecule has 0 spiro atoms. The highest BCUT2D eigenvalue weighted by molar-refractivity contribution is 7.47. The molecular weight excluding hydrogens is 828 g/mol. The fourth-order valence-electron chi connectivity index (χ4n) is 7.03. The molecule has 8 atom stereocenters. The number of hydrogen-bond donors (Lipinski definition) is 6. The summed E-state index contributed by atoms with van der Waals surface area (Å²) in [6.45, 7) is 3.15. The number of esters is 2. The van der Waals surface area contributed by atoms with E-state index < -0.39 is 75.7 Å². The van der Waals surface area contributed by atoms with Gasteiger partial charge < -0.3 is 39.9 Å². The summed E-state index contributed by atoms with van der Waals surface area (Å²) >= 11 is 0. The quantitative estimate of drug-likeness (QED) is 0.0147. The molecule has 6 N–H and O–H groups in total. The van der Waals surface area contributed by atoms with Gasteiger partial charge in [-0.15, -0.1) is 0 Å². The Kier molecular flexibility index (Phi) is 36.1. The molecule has 0 aromatic carbocycles. The van der Waals surface area contributed by atoms with Crippen LogP contribution in [-0.4, -0.2) is 98.3 Å². The van der Waals surface area contributed by atoms with Crippen molar-refractivity contribution in [3.8, 4) is 0 Å². The summed E-state index contributed by atoms with van der Waals surface area (Å²) in [5.74, 6) is -1.17. The van der Waals surface area contributed by atoms with Crippen LogP contribution < -0.4 is 0 Å². The number of rotatable bonds is 39. The number of aliphatic hydroxyl groups excluding tert-OH is 5. The first kappa shape index (κ1) is 58.6. The van der Waals surface area contributed by atoms with Crippen molar-refractivity contribution in [3.05, 3.63) is 60.8 Å². The lowest BCUT2D eigenvalue weighted by Gasteiger charge is -2.41. The second-order valence-electron chi connectivity index (χ2n) is 16.6. The first-order valence-electron chi connectivity index (χ1n) is 24.1. The van der Waals surface area contributed by atoms with E-state index in [4.69, 9.17) is 18.5 Å². The molecule has 14 heteroatoms. The Morgan fingerprint density at radius 2 is 0.905 bits per heavy atom. The van der Waals surface area contributed by atoms with Gasteiger partial charge in [0, 0.05) is 12.8 Å². The molecule has 0 aromatic rings. The van der Waals surface area contributed by atoms with Gasteiger partial charge in [0.2, 0.25) is 0 Å². The minimum atomic E-state index is -5.14. The predicted octanol–water partition coefficient (Wildman–Crippen LogP) is 9.73. The van der Waals surface area contributed by atoms with Gasteiger partial charge in [-0.25, -0.2) is 4.57 Å². The van der Waals surface area contributed by atoms with Crippen LogP contribution in [0.25, 0.3) is 0 Å². The maximum absolute atomic E-state index is 12.8. The van der Waals surface area contributed by atoms with E-state index >= 15 is 0 Å². The van der Waals surface area contributed by atoms with Crippen LogP contribution in [0.15, 0.2) is 60.8 Å². The molecule has 6 unspecified atom stereocenters. The summed E-state index contributed by atoms with van der Waals surface area (Å²) in [6, 6.07) is 0. The van der Waals surface area contributed by atoms with E-state index in [2.05, 4.69) is 62.5 Å². The summed E-state index contributed by atoms with van der Waals surface area (Å²) in [4.78, 5) is 35.7. The summed E-state index contributed by atoms with van der Waals surface area (Å²) in [7, 11) is -5.14. The lowest BCUT2D eigenvalue weighted by atomic mass is 9.85. The van der Waals surface area contributed by atoms with Crippen molar-refractivity contribution in [1.29, 1.82) is 0 Å². The average molecular weight is 913 g/mol. The lowest BCUT2D eigenvalue weighted by molar-refractivity contribution is -0.220. The number of allylic oxidation sites excluding steroid dienone is 10. The molecule has 1 aliphatic rings. The van der Waals surface area contributed by atoms with Crippen molar-refractivity contribution in [1.82, 2.24) is 0 Å². The molecule has 0 radical (unpaired) electrons. The molecule has 1 rings (SSSR count). The summed E-state index contributed by atoms with van der Waals surface area (Å²) in [6.07, 6.45) is 34.2. The van der Waals surface area contributed by atoms with Gasteiger partial charge in [-0.2, -0.15) is 0 Å². The zero-order valence-electron chi connectivity index (χ0n) is 38.6. The second-order valence-corrected chi connectivity index (χ2v) is 18.0. The topological polar surface area (TPSA) is 210 Å². The molecular formula is C49H85O13P. The second kappa shape index (κ2) is 38.8. The molecule has 1 aliphatic carbocycles. The first-order chi connectivity index (χ1) is 30.4. The Morgan fingerprint density at radius 1 is 0.508 bits per heavy atom. The lowest BCUT2D eigenvalue weighted by Crippen LogP contribution is -2.64. The number of hydrogen-bond acceptors (Lipinski definition) is 12. The molecule has 364 valence electrons. The van der Waals surface area contributed by atoms with Gasteiger partial charge in [0.15, 0.2) is 6.10 Å². The van der Waals surface area contributed by atoms with Crippen LogP contribution in [0.3, 0.4) is 0 Å². The molecule has 0 heterocycles. The van der Waals surface area contributed by atoms with Crippen LogP contribution in [0.1, 0.15) is 181 Å². The van der Waals surface area contributed by atoms with Gasteiger partial charge >= 0.3 is 19.8 Å². The average Bonchev–Trinajstić information content (AvgIpc) is 3.26. The summed E-state index contributed by atoms with van der Waals surface area (Å²) in [5.41, 5.74) is 0. The van der Waals surface area contributed by atoms with Gasteiger partial charge in [-0.05, 0) is 51.4 Å². The van der Waals surface area contributed by atoms with Crippen molar-refractivity contribution in [2.24, 2.45) is 0 Å². The number of carbonyl (C=O) groups is 2. The third-order valence-electron chi connectivity index (χ3n) is 10.9. The number of carbonyl (C=O) groups excluding carboxylic acids is 2. The van der Waals surface area contributed by atoms with Gasteiger partial charge in [-0.1, -0.05) is 177 Å². The summed E-state index contributed by atoms with van der Waals surface area (Å²) < 4.78 is 33.5. The minimum Gasteiger partial charge on any atom is -0.462 e. The van der Waals surface area contributed by atoms with E-state index in [0.29, 0.717) is 19.3 Å². The van der Waals surface area contributed by atoms with Crippen molar-refractivity contribution in [2.75, 3.05) is 13.2 Å². The van der Waals surface area contributed by atoms with Crippen molar-refractivity contribution in [2.45, 2.75) is 224 Å². The van der Waals surface area contributed by atoms with Crippen molar-refractivity contribution < 1.29 is 63.1 Å². The molecule has 0 aliphatic heterocycles. The third kappa shape index (κ3) is 31.2. The smallest absolute Gasteiger partial charge is 0.462 e. The molecule has 63 heavy (non-hydrogen) atoms. The number of aliphatic hydroxyl groups is 5. The monoisotopic (exact) mass is 913 g/mol. The van der Waals surface area contributed by atoms with Gasteiger partial charge in [-0.3, -0.25) is 18.6 Å². The predicted molar refractivity (Wildman–Crippen MR) is 249 cm³/mol. The normalized spacial score (nSPS) is 22.2. The Labute approximate surface area is 379 Å². The van der Waals surface area contributed by atoms with Crippen LogP contribution in [0.4, 0.5) is 0 Å². The Hall–Kier alpha value is -2.45. The molecule has 0 saturated heterocycles. The van der Waals surface area contributed by atoms with E-state index in [9.17, 15) is 44.6 Å². The van der Waals surface area contributed by atoms with Crippen LogP contribution in [0, 0.1) is 0 Å². The molecule has 13 nitrogen and oxygen atoms in total. The largest absolute Gasteiger partial charge is 0.472 e. The molecule has 1 fully saturated rings. The molecule has 1 saturated carbocycles. The zero-order valence-corrected chi connectivity index (χ0v) is 39.5. The van der Waals surface area contributed by atoms with Gasteiger partial charge in [0.1, 0.15) is 43.2 Å². The molecule has 0 aromatic heterocycles. The SMILES string of the molecule is CC/C=C\C/C=C\C/C=C\C/C=C\C/C=C\CCCC(=O)O[C@H](COC(=O)CCCCCCCCCCCCCCCCCCC)COP(=O)(O)OC1C(O)C(O)C(O)[C@@H](O)C1O. The zero-order chi connectivity index (χ0) is 46.4. The van der Waals surface area contributed by atoms with E-state index in [0.717, 1.165) is 51.4 Å². The van der Waals surface area contributed by atoms with E-state index in [1.165, 1.54) is 83.5 Å². The summed E-state index contributed by atoms with van der Waals surface area (Å²) in [5, 5.41) is 50.2. The van der Waals surface area contributed by atoms with Gasteiger partial charge in [0.25, 0.3) is 0 Å². The van der Waals surface area contributed by atoms with Crippen molar-refractivity contribution >= 4 is 19.8 Å². The molecule has 0 bridgehead atoms. The standard InChI is InChI=1S/C49H85O13P/c1-3-5-7-9-11-13-15-17-19-21-23-25-27-29-31-33-35-37-42(50)59-39-41(40-60-63(57,58)62-49-47(55)45(53)44(52)46(54)48(49)56)61-43(51)38-36-34-32-30-28-26-24-22-20-18-16-14-12-10-8-6-4-2/h6,8,12,14,18,20,24,26,30,32,41,44-49,52-56H,3-5,7,9-11,13,15-17,19,21-23,25,27-29,31,33-40H2,1-2H3,(H,57,58)/b8-6-,14-12-,20-18-,26-24-,32-30-/t41-,44?,45-,46?,47?,48?,49?/m1/s1. The minimum absolute atomic E-state index is 0.0177. The van der Waals surface area contributed by atoms with E-state index in [1.807, 2.05) is 12.2 Å². The van der Waals surface area contributed by atoms with E-state index in [1.54, 1.807) is 0 Å². The first-order valence-corrected chi connectivity index (χ1v) is 25.6. The van der Waals surface area contributed by atoms with Crippen LogP contribution in [0.5, 0.6) is 0 Å². The number of ether oxygens (including phenoxy) is 2. The van der Waals surface area contributed by atoms with E-state index in [-0.39, 0.29) is 12.8 Å². The number of phosphoric acid groups is 1. The highest BCUT2D eigenvalue weighted by Crippen LogP contribution is 2.47. The third-order valence-corrected chi connectivity index (χ3v) is 11.9. The number of phosphoric ester groups is 1. The maximum atomic E-state index is 12.8. The molecule has 0 amide bonds. The van der Waals surface area contributed by atoms with Crippen LogP contribution in [0.2, 0.25) is 0 Å². The van der Waals surface area contributed by atoms with Crippen molar-refractivity contribution in [3.63, 3.8) is 0 Å². The maximum Gasteiger partial charge on any atom is 0.472 e. The Balaban J connectivity index is 2.48. The fraction of sp³-hybridized carbons (Fsp3) is 0.755. The highest BCUT2D eigenvalue weighted by atomic mass is 31.2. The number of unbranched alkanes of at least 4 members (excludes halogenated alkanes) is 17. The van der Waals surface area contributed by atoms with Gasteiger partial charge in [0.05, 0.1) is 6.61 Å². The highest BCUT2D eigenvalue weighted by Gasteiger charge is 2.51. The Morgan fingerprint density at radius 3 is 1.37 bits per heavy atom. The van der Waals surface area contributed by atoms with Crippen LogP contribution >= 0.6 is 7.82 Å². The van der Waals surface area contributed by atoms with Crippen LogP contribution in [-0.2, 0) is 32.7 Å².